The lowest BCUT2D eigenvalue weighted by atomic mass is 10.2. The summed E-state index contributed by atoms with van der Waals surface area (Å²) in [4.78, 5) is 18.7. The highest BCUT2D eigenvalue weighted by molar-refractivity contribution is 5.93. The monoisotopic (exact) mass is 382 g/mol. The standard InChI is InChI=1S/C21H26N4O3/c1-3-16-13-25(9-11-27-16)20-7-6-17(14(2)22-20)23-15-4-5-18-19(12-15)28-10-8-21(26)24-18/h4-7,12,16,23H,3,8-11,13H2,1-2H3,(H,24,26). The van der Waals surface area contributed by atoms with E-state index in [-0.39, 0.29) is 12.0 Å². The first-order valence-electron chi connectivity index (χ1n) is 9.80. The topological polar surface area (TPSA) is 75.7 Å². The van der Waals surface area contributed by atoms with Crippen LogP contribution in [-0.2, 0) is 9.53 Å². The molecule has 1 saturated heterocycles. The smallest absolute Gasteiger partial charge is 0.227 e. The zero-order valence-electron chi connectivity index (χ0n) is 16.3. The summed E-state index contributed by atoms with van der Waals surface area (Å²) in [6, 6.07) is 9.80. The quantitative estimate of drug-likeness (QED) is 0.843. The molecule has 28 heavy (non-hydrogen) atoms. The van der Waals surface area contributed by atoms with E-state index in [9.17, 15) is 4.79 Å². The Labute approximate surface area is 165 Å². The third kappa shape index (κ3) is 4.04. The first kappa shape index (κ1) is 18.6. The molecule has 1 aromatic carbocycles. The molecule has 1 atom stereocenters. The lowest BCUT2D eigenvalue weighted by Crippen LogP contribution is -2.42. The number of anilines is 4. The molecule has 1 amide bonds. The maximum Gasteiger partial charge on any atom is 0.227 e. The second-order valence-electron chi connectivity index (χ2n) is 7.13. The predicted molar refractivity (Wildman–Crippen MR) is 110 cm³/mol. The van der Waals surface area contributed by atoms with Crippen molar-refractivity contribution in [2.24, 2.45) is 0 Å². The first-order chi connectivity index (χ1) is 13.6. The van der Waals surface area contributed by atoms with Crippen molar-refractivity contribution in [3.8, 4) is 5.75 Å². The summed E-state index contributed by atoms with van der Waals surface area (Å²) in [5, 5.41) is 6.26. The van der Waals surface area contributed by atoms with Crippen LogP contribution in [0.3, 0.4) is 0 Å². The van der Waals surface area contributed by atoms with E-state index in [0.717, 1.165) is 49.0 Å². The molecule has 0 saturated carbocycles. The van der Waals surface area contributed by atoms with E-state index in [1.54, 1.807) is 0 Å². The number of nitrogens with one attached hydrogen (secondary N) is 2. The van der Waals surface area contributed by atoms with Crippen molar-refractivity contribution in [3.05, 3.63) is 36.0 Å². The fraction of sp³-hybridized carbons (Fsp3) is 0.429. The molecule has 2 aromatic rings. The Bertz CT molecular complexity index is 871. The van der Waals surface area contributed by atoms with Crippen LogP contribution in [0.25, 0.3) is 0 Å². The molecule has 0 spiro atoms. The minimum atomic E-state index is -0.0245. The Kier molecular flexibility index (Phi) is 5.34. The summed E-state index contributed by atoms with van der Waals surface area (Å²) in [6.07, 6.45) is 1.65. The van der Waals surface area contributed by atoms with E-state index < -0.39 is 0 Å². The summed E-state index contributed by atoms with van der Waals surface area (Å²) < 4.78 is 11.4. The molecule has 3 heterocycles. The number of hydrogen-bond acceptors (Lipinski definition) is 6. The highest BCUT2D eigenvalue weighted by Gasteiger charge is 2.20. The molecule has 2 aliphatic heterocycles. The maximum atomic E-state index is 11.6. The number of carbonyl (C=O) groups is 1. The van der Waals surface area contributed by atoms with Crippen molar-refractivity contribution < 1.29 is 14.3 Å². The van der Waals surface area contributed by atoms with Crippen molar-refractivity contribution in [1.29, 1.82) is 0 Å². The number of aromatic nitrogens is 1. The van der Waals surface area contributed by atoms with E-state index in [1.165, 1.54) is 0 Å². The van der Waals surface area contributed by atoms with Crippen LogP contribution >= 0.6 is 0 Å². The normalized spacial score (nSPS) is 19.3. The number of morpholine rings is 1. The number of ether oxygens (including phenoxy) is 2. The van der Waals surface area contributed by atoms with Crippen LogP contribution in [0, 0.1) is 6.92 Å². The summed E-state index contributed by atoms with van der Waals surface area (Å²) >= 11 is 0. The van der Waals surface area contributed by atoms with Gasteiger partial charge in [-0.1, -0.05) is 6.92 Å². The van der Waals surface area contributed by atoms with E-state index in [0.29, 0.717) is 24.5 Å². The van der Waals surface area contributed by atoms with E-state index in [4.69, 9.17) is 14.5 Å². The molecule has 0 aliphatic carbocycles. The first-order valence-corrected chi connectivity index (χ1v) is 9.80. The third-order valence-electron chi connectivity index (χ3n) is 5.11. The second-order valence-corrected chi connectivity index (χ2v) is 7.13. The van der Waals surface area contributed by atoms with Crippen molar-refractivity contribution >= 4 is 28.8 Å². The van der Waals surface area contributed by atoms with Crippen LogP contribution in [0.2, 0.25) is 0 Å². The highest BCUT2D eigenvalue weighted by Crippen LogP contribution is 2.32. The van der Waals surface area contributed by atoms with Crippen LogP contribution in [0.5, 0.6) is 5.75 Å². The summed E-state index contributed by atoms with van der Waals surface area (Å²) in [6.45, 7) is 7.02. The Morgan fingerprint density at radius 2 is 2.18 bits per heavy atom. The van der Waals surface area contributed by atoms with Crippen LogP contribution in [0.4, 0.5) is 22.9 Å². The largest absolute Gasteiger partial charge is 0.491 e. The Morgan fingerprint density at radius 1 is 1.29 bits per heavy atom. The number of hydrogen-bond donors (Lipinski definition) is 2. The van der Waals surface area contributed by atoms with Gasteiger partial charge < -0.3 is 25.0 Å². The number of rotatable bonds is 4. The van der Waals surface area contributed by atoms with Crippen LogP contribution in [-0.4, -0.2) is 43.3 Å². The van der Waals surface area contributed by atoms with Gasteiger partial charge in [-0.15, -0.1) is 0 Å². The Hall–Kier alpha value is -2.80. The Morgan fingerprint density at radius 3 is 3.00 bits per heavy atom. The van der Waals surface area contributed by atoms with Crippen molar-refractivity contribution in [1.82, 2.24) is 4.98 Å². The summed E-state index contributed by atoms with van der Waals surface area (Å²) in [5.41, 5.74) is 3.48. The molecular formula is C21H26N4O3. The van der Waals surface area contributed by atoms with Crippen LogP contribution in [0.1, 0.15) is 25.5 Å². The minimum Gasteiger partial charge on any atom is -0.491 e. The molecule has 1 fully saturated rings. The van der Waals surface area contributed by atoms with E-state index >= 15 is 0 Å². The molecule has 148 valence electrons. The molecule has 2 N–H and O–H groups in total. The van der Waals surface area contributed by atoms with Crippen molar-refractivity contribution in [2.45, 2.75) is 32.8 Å². The number of carbonyl (C=O) groups excluding carboxylic acids is 1. The average Bonchev–Trinajstić information content (AvgIpc) is 2.89. The Balaban J connectivity index is 1.50. The molecule has 4 rings (SSSR count). The van der Waals surface area contributed by atoms with E-state index in [2.05, 4.69) is 28.5 Å². The molecule has 7 nitrogen and oxygen atoms in total. The van der Waals surface area contributed by atoms with Gasteiger partial charge in [-0.2, -0.15) is 0 Å². The summed E-state index contributed by atoms with van der Waals surface area (Å²) in [7, 11) is 0. The molecule has 1 unspecified atom stereocenters. The number of nitrogens with zero attached hydrogens (tertiary/aromatic N) is 2. The number of aryl methyl sites for hydroxylation is 1. The van der Waals surface area contributed by atoms with Crippen molar-refractivity contribution in [2.75, 3.05) is 41.8 Å². The molecule has 2 aliphatic rings. The molecule has 0 bridgehead atoms. The zero-order valence-corrected chi connectivity index (χ0v) is 16.3. The van der Waals surface area contributed by atoms with Crippen molar-refractivity contribution in [3.63, 3.8) is 0 Å². The SMILES string of the molecule is CCC1CN(c2ccc(Nc3ccc4c(c3)OCCC(=O)N4)c(C)n2)CCO1. The van der Waals surface area contributed by atoms with Gasteiger partial charge in [-0.3, -0.25) is 4.79 Å². The third-order valence-corrected chi connectivity index (χ3v) is 5.11. The molecule has 0 radical (unpaired) electrons. The van der Waals surface area contributed by atoms with Gasteiger partial charge in [-0.25, -0.2) is 4.98 Å². The lowest BCUT2D eigenvalue weighted by Gasteiger charge is -2.33. The minimum absolute atomic E-state index is 0.0245. The highest BCUT2D eigenvalue weighted by atomic mass is 16.5. The number of pyridine rings is 1. The molecule has 1 aromatic heterocycles. The predicted octanol–water partition coefficient (Wildman–Crippen LogP) is 3.47. The van der Waals surface area contributed by atoms with Gasteiger partial charge >= 0.3 is 0 Å². The number of fused-ring (bicyclic) bond motifs is 1. The number of benzene rings is 1. The molecular weight excluding hydrogens is 356 g/mol. The summed E-state index contributed by atoms with van der Waals surface area (Å²) in [5.74, 6) is 1.64. The van der Waals surface area contributed by atoms with Gasteiger partial charge in [0.25, 0.3) is 0 Å². The average molecular weight is 382 g/mol. The van der Waals surface area contributed by atoms with Gasteiger partial charge in [-0.05, 0) is 37.6 Å². The maximum absolute atomic E-state index is 11.6. The van der Waals surface area contributed by atoms with Gasteiger partial charge in [0.15, 0.2) is 0 Å². The number of amides is 1. The van der Waals surface area contributed by atoms with Gasteiger partial charge in [0.05, 0.1) is 42.8 Å². The van der Waals surface area contributed by atoms with Crippen LogP contribution in [0.15, 0.2) is 30.3 Å². The van der Waals surface area contributed by atoms with E-state index in [1.807, 2.05) is 31.2 Å². The van der Waals surface area contributed by atoms with Gasteiger partial charge in [0.1, 0.15) is 11.6 Å². The van der Waals surface area contributed by atoms with Gasteiger partial charge in [0, 0.05) is 24.8 Å². The second kappa shape index (κ2) is 8.06. The lowest BCUT2D eigenvalue weighted by molar-refractivity contribution is -0.116. The molecule has 7 heteroatoms. The van der Waals surface area contributed by atoms with Crippen LogP contribution < -0.4 is 20.3 Å². The van der Waals surface area contributed by atoms with Gasteiger partial charge in [0.2, 0.25) is 5.91 Å². The fourth-order valence-electron chi connectivity index (χ4n) is 3.48. The zero-order chi connectivity index (χ0) is 19.5. The fourth-order valence-corrected chi connectivity index (χ4v) is 3.48.